The number of hydrogen-bond donors (Lipinski definition) is 1. The molecule has 0 radical (unpaired) electrons. The highest BCUT2D eigenvalue weighted by Gasteiger charge is 2.46. The number of thiophene rings is 1. The van der Waals surface area contributed by atoms with Crippen molar-refractivity contribution in [2.75, 3.05) is 13.7 Å². The molecular weight excluding hydrogens is 346 g/mol. The van der Waals surface area contributed by atoms with E-state index < -0.39 is 0 Å². The number of hydrogen-bond acceptors (Lipinski definition) is 5. The molecule has 4 heterocycles. The highest BCUT2D eigenvalue weighted by Crippen LogP contribution is 2.50. The molecule has 3 atom stereocenters. The van der Waals surface area contributed by atoms with Gasteiger partial charge >= 0.3 is 0 Å². The zero-order valence-corrected chi connectivity index (χ0v) is 15.7. The van der Waals surface area contributed by atoms with E-state index in [0.717, 1.165) is 35.8 Å². The lowest BCUT2D eigenvalue weighted by Gasteiger charge is -2.46. The van der Waals surface area contributed by atoms with E-state index in [2.05, 4.69) is 23.4 Å². The van der Waals surface area contributed by atoms with Crippen LogP contribution in [0.15, 0.2) is 12.3 Å². The molecular formula is C17H22ClN3O2S. The summed E-state index contributed by atoms with van der Waals surface area (Å²) in [6.45, 7) is 2.97. The van der Waals surface area contributed by atoms with Crippen LogP contribution in [0.1, 0.15) is 41.8 Å². The summed E-state index contributed by atoms with van der Waals surface area (Å²) in [5, 5.41) is 8.09. The molecule has 1 spiro atoms. The Balaban J connectivity index is 1.74. The van der Waals surface area contributed by atoms with Crippen molar-refractivity contribution in [3.63, 3.8) is 0 Å². The molecule has 0 aliphatic carbocycles. The first kappa shape index (κ1) is 16.4. The predicted molar refractivity (Wildman–Crippen MR) is 95.0 cm³/mol. The van der Waals surface area contributed by atoms with Crippen LogP contribution < -0.4 is 10.1 Å². The summed E-state index contributed by atoms with van der Waals surface area (Å²) in [5.41, 5.74) is 2.17. The number of nitrogens with zero attached hydrogens (tertiary/aromatic N) is 2. The average molecular weight is 368 g/mol. The van der Waals surface area contributed by atoms with Crippen molar-refractivity contribution in [2.24, 2.45) is 7.05 Å². The minimum Gasteiger partial charge on any atom is -0.480 e. The molecule has 5 nitrogen and oxygen atoms in total. The Bertz CT molecular complexity index is 759. The molecule has 2 aromatic rings. The van der Waals surface area contributed by atoms with Gasteiger partial charge in [0.2, 0.25) is 5.88 Å². The molecule has 2 aliphatic heterocycles. The Hall–Kier alpha value is -1.08. The van der Waals surface area contributed by atoms with E-state index >= 15 is 0 Å². The summed E-state index contributed by atoms with van der Waals surface area (Å²) in [4.78, 5) is 1.31. The lowest BCUT2D eigenvalue weighted by Crippen LogP contribution is -2.49. The van der Waals surface area contributed by atoms with Gasteiger partial charge in [0, 0.05) is 36.6 Å². The molecule has 4 rings (SSSR count). The Kier molecular flexibility index (Phi) is 4.11. The highest BCUT2D eigenvalue weighted by molar-refractivity contribution is 7.16. The van der Waals surface area contributed by atoms with Crippen LogP contribution in [0.5, 0.6) is 5.88 Å². The number of piperidine rings is 1. The number of fused-ring (bicyclic) bond motifs is 2. The van der Waals surface area contributed by atoms with Gasteiger partial charge in [0.1, 0.15) is 5.60 Å². The minimum absolute atomic E-state index is 0.143. The second-order valence-electron chi connectivity index (χ2n) is 6.79. The van der Waals surface area contributed by atoms with Crippen molar-refractivity contribution in [1.82, 2.24) is 15.1 Å². The van der Waals surface area contributed by atoms with Crippen molar-refractivity contribution >= 4 is 22.9 Å². The third-order valence-corrected chi connectivity index (χ3v) is 6.48. The Morgan fingerprint density at radius 3 is 3.12 bits per heavy atom. The topological polar surface area (TPSA) is 48.3 Å². The molecule has 1 fully saturated rings. The summed E-state index contributed by atoms with van der Waals surface area (Å²) >= 11 is 7.98. The van der Waals surface area contributed by atoms with E-state index in [9.17, 15) is 0 Å². The van der Waals surface area contributed by atoms with Gasteiger partial charge < -0.3 is 14.8 Å². The number of aromatic nitrogens is 2. The van der Waals surface area contributed by atoms with E-state index in [0.29, 0.717) is 11.9 Å². The number of methoxy groups -OCH3 is 1. The van der Waals surface area contributed by atoms with Gasteiger partial charge in [0.25, 0.3) is 0 Å². The van der Waals surface area contributed by atoms with Gasteiger partial charge in [0.15, 0.2) is 0 Å². The lowest BCUT2D eigenvalue weighted by molar-refractivity contribution is -0.0955. The van der Waals surface area contributed by atoms with Gasteiger partial charge in [-0.25, -0.2) is 0 Å². The predicted octanol–water partition coefficient (Wildman–Crippen LogP) is 3.42. The monoisotopic (exact) mass is 367 g/mol. The molecule has 2 aliphatic rings. The summed E-state index contributed by atoms with van der Waals surface area (Å²) in [6.07, 6.45) is 4.80. The molecule has 2 aromatic heterocycles. The summed E-state index contributed by atoms with van der Waals surface area (Å²) < 4.78 is 14.5. The summed E-state index contributed by atoms with van der Waals surface area (Å²) in [5.74, 6) is 0.680. The van der Waals surface area contributed by atoms with Gasteiger partial charge in [-0.05, 0) is 31.4 Å². The van der Waals surface area contributed by atoms with Gasteiger partial charge in [-0.15, -0.1) is 16.4 Å². The molecule has 0 amide bonds. The normalized spacial score (nSPS) is 29.7. The quantitative estimate of drug-likeness (QED) is 0.883. The van der Waals surface area contributed by atoms with Crippen molar-refractivity contribution in [2.45, 2.75) is 43.9 Å². The van der Waals surface area contributed by atoms with Gasteiger partial charge in [-0.1, -0.05) is 11.6 Å². The van der Waals surface area contributed by atoms with E-state index in [1.165, 1.54) is 10.4 Å². The fourth-order valence-corrected chi connectivity index (χ4v) is 5.61. The molecule has 1 N–H and O–H groups in total. The van der Waals surface area contributed by atoms with Crippen molar-refractivity contribution in [3.05, 3.63) is 32.6 Å². The van der Waals surface area contributed by atoms with Crippen molar-refractivity contribution in [3.8, 4) is 5.88 Å². The molecule has 0 bridgehead atoms. The summed E-state index contributed by atoms with van der Waals surface area (Å²) in [7, 11) is 3.59. The maximum absolute atomic E-state index is 6.39. The van der Waals surface area contributed by atoms with Crippen molar-refractivity contribution in [1.29, 1.82) is 0 Å². The zero-order chi connectivity index (χ0) is 16.9. The zero-order valence-electron chi connectivity index (χ0n) is 14.1. The number of rotatable bonds is 2. The Labute approximate surface area is 150 Å². The molecule has 0 aromatic carbocycles. The molecule has 130 valence electrons. The van der Waals surface area contributed by atoms with Crippen molar-refractivity contribution < 1.29 is 9.47 Å². The maximum Gasteiger partial charge on any atom is 0.237 e. The van der Waals surface area contributed by atoms with Crippen LogP contribution in [0.25, 0.3) is 0 Å². The van der Waals surface area contributed by atoms with Crippen LogP contribution >= 0.6 is 22.9 Å². The van der Waals surface area contributed by atoms with Crippen LogP contribution in [-0.2, 0) is 23.8 Å². The largest absolute Gasteiger partial charge is 0.480 e. The fourth-order valence-electron chi connectivity index (χ4n) is 4.14. The SMILES string of the molecule is COc1nn(C)cc1[C@@H]1C[C@]2(C[C@H](C)N1)OCCc1cc(Cl)sc12. The lowest BCUT2D eigenvalue weighted by atomic mass is 9.78. The van der Waals surface area contributed by atoms with Crippen LogP contribution in [0.2, 0.25) is 4.34 Å². The third kappa shape index (κ3) is 2.65. The van der Waals surface area contributed by atoms with Crippen LogP contribution in [-0.4, -0.2) is 29.5 Å². The molecule has 0 saturated carbocycles. The van der Waals surface area contributed by atoms with E-state index in [1.54, 1.807) is 23.1 Å². The first-order valence-corrected chi connectivity index (χ1v) is 9.46. The number of ether oxygens (including phenoxy) is 2. The van der Waals surface area contributed by atoms with Gasteiger partial charge in [-0.3, -0.25) is 4.68 Å². The highest BCUT2D eigenvalue weighted by atomic mass is 35.5. The second kappa shape index (κ2) is 6.02. The first-order chi connectivity index (χ1) is 11.5. The van der Waals surface area contributed by atoms with Crippen LogP contribution in [0.4, 0.5) is 0 Å². The molecule has 1 saturated heterocycles. The number of halogens is 1. The standard InChI is InChI=1S/C17H22ClN3O2S/c1-10-7-17(15-11(4-5-23-17)6-14(18)24-15)8-13(19-10)12-9-21(2)20-16(12)22-3/h6,9-10,13,19H,4-5,7-8H2,1-3H3/t10-,13-,17-/m0/s1. The molecule has 0 unspecified atom stereocenters. The van der Waals surface area contributed by atoms with E-state index in [4.69, 9.17) is 21.1 Å². The summed E-state index contributed by atoms with van der Waals surface area (Å²) in [6, 6.07) is 2.59. The minimum atomic E-state index is -0.262. The second-order valence-corrected chi connectivity index (χ2v) is 8.48. The number of nitrogens with one attached hydrogen (secondary N) is 1. The molecule has 7 heteroatoms. The van der Waals surface area contributed by atoms with Gasteiger partial charge in [-0.2, -0.15) is 0 Å². The van der Waals surface area contributed by atoms with Crippen LogP contribution in [0, 0.1) is 0 Å². The fraction of sp³-hybridized carbons (Fsp3) is 0.588. The first-order valence-electron chi connectivity index (χ1n) is 8.27. The molecule has 24 heavy (non-hydrogen) atoms. The Morgan fingerprint density at radius 2 is 2.33 bits per heavy atom. The smallest absolute Gasteiger partial charge is 0.237 e. The third-order valence-electron chi connectivity index (χ3n) is 4.99. The van der Waals surface area contributed by atoms with Crippen LogP contribution in [0.3, 0.4) is 0 Å². The maximum atomic E-state index is 6.39. The Morgan fingerprint density at radius 1 is 1.50 bits per heavy atom. The van der Waals surface area contributed by atoms with E-state index in [-0.39, 0.29) is 11.6 Å². The number of aryl methyl sites for hydroxylation is 1. The average Bonchev–Trinajstić information content (AvgIpc) is 3.09. The van der Waals surface area contributed by atoms with E-state index in [1.807, 2.05) is 13.2 Å². The van der Waals surface area contributed by atoms with Gasteiger partial charge in [0.05, 0.1) is 23.6 Å².